The van der Waals surface area contributed by atoms with Gasteiger partial charge in [-0.15, -0.1) is 12.4 Å². The first-order valence-corrected chi connectivity index (χ1v) is 6.19. The Morgan fingerprint density at radius 1 is 1.33 bits per heavy atom. The Hall–Kier alpha value is -1.00. The smallest absolute Gasteiger partial charge is 0.287 e. The second-order valence-corrected chi connectivity index (χ2v) is 4.95. The van der Waals surface area contributed by atoms with Gasteiger partial charge in [0, 0.05) is 17.6 Å². The monoisotopic (exact) mass is 272 g/mol. The number of amides is 1. The van der Waals surface area contributed by atoms with E-state index in [4.69, 9.17) is 10.2 Å². The van der Waals surface area contributed by atoms with Crippen molar-refractivity contribution in [3.05, 3.63) is 23.2 Å². The minimum atomic E-state index is -0.101. The van der Waals surface area contributed by atoms with E-state index in [0.29, 0.717) is 11.8 Å². The molecule has 1 heterocycles. The first-order chi connectivity index (χ1) is 8.06. The molecule has 0 radical (unpaired) electrons. The van der Waals surface area contributed by atoms with E-state index in [9.17, 15) is 4.79 Å². The van der Waals surface area contributed by atoms with Crippen molar-refractivity contribution in [1.29, 1.82) is 0 Å². The summed E-state index contributed by atoms with van der Waals surface area (Å²) in [5.41, 5.74) is 6.73. The van der Waals surface area contributed by atoms with Gasteiger partial charge >= 0.3 is 0 Å². The van der Waals surface area contributed by atoms with Crippen molar-refractivity contribution in [3.63, 3.8) is 0 Å². The summed E-state index contributed by atoms with van der Waals surface area (Å²) < 4.78 is 5.40. The third-order valence-corrected chi connectivity index (χ3v) is 3.35. The summed E-state index contributed by atoms with van der Waals surface area (Å²) in [5.74, 6) is 1.12. The van der Waals surface area contributed by atoms with E-state index >= 15 is 0 Å². The molecule has 0 atom stereocenters. The third-order valence-electron chi connectivity index (χ3n) is 3.35. The van der Waals surface area contributed by atoms with Gasteiger partial charge in [-0.25, -0.2) is 0 Å². The second kappa shape index (κ2) is 6.25. The summed E-state index contributed by atoms with van der Waals surface area (Å²) in [4.78, 5) is 12.0. The number of aryl methyl sites for hydroxylation is 2. The van der Waals surface area contributed by atoms with Gasteiger partial charge < -0.3 is 15.5 Å². The standard InChI is InChI=1S/C13H20N2O2.ClH/c1-8-7-9(2)17-12(8)13(16)15-11-5-3-10(14)4-6-11;/h7,10-11H,3-6,14H2,1-2H3,(H,15,16);1H. The van der Waals surface area contributed by atoms with Crippen LogP contribution in [0.4, 0.5) is 0 Å². The molecule has 1 aliphatic carbocycles. The average Bonchev–Trinajstić information content (AvgIpc) is 2.61. The average molecular weight is 273 g/mol. The molecule has 0 aromatic carbocycles. The lowest BCUT2D eigenvalue weighted by molar-refractivity contribution is 0.0895. The van der Waals surface area contributed by atoms with Crippen LogP contribution in [0.2, 0.25) is 0 Å². The molecule has 1 aliphatic rings. The fourth-order valence-electron chi connectivity index (χ4n) is 2.38. The Labute approximate surface area is 114 Å². The summed E-state index contributed by atoms with van der Waals surface area (Å²) in [6.45, 7) is 3.74. The fourth-order valence-corrected chi connectivity index (χ4v) is 2.38. The van der Waals surface area contributed by atoms with Gasteiger partial charge in [0.15, 0.2) is 5.76 Å². The highest BCUT2D eigenvalue weighted by Gasteiger charge is 2.22. The topological polar surface area (TPSA) is 68.3 Å². The maximum Gasteiger partial charge on any atom is 0.287 e. The SMILES string of the molecule is Cc1cc(C)c(C(=O)NC2CCC(N)CC2)o1.Cl. The molecule has 102 valence electrons. The number of nitrogens with one attached hydrogen (secondary N) is 1. The number of hydrogen-bond acceptors (Lipinski definition) is 3. The Balaban J connectivity index is 0.00000162. The molecule has 5 heteroatoms. The molecule has 18 heavy (non-hydrogen) atoms. The van der Waals surface area contributed by atoms with Crippen molar-refractivity contribution in [3.8, 4) is 0 Å². The zero-order chi connectivity index (χ0) is 12.4. The molecule has 3 N–H and O–H groups in total. The molecule has 1 amide bonds. The molecule has 0 unspecified atom stereocenters. The van der Waals surface area contributed by atoms with Crippen molar-refractivity contribution in [1.82, 2.24) is 5.32 Å². The third kappa shape index (κ3) is 3.50. The lowest BCUT2D eigenvalue weighted by Crippen LogP contribution is -2.40. The Bertz CT molecular complexity index is 409. The molecule has 1 fully saturated rings. The van der Waals surface area contributed by atoms with E-state index < -0.39 is 0 Å². The summed E-state index contributed by atoms with van der Waals surface area (Å²) in [6.07, 6.45) is 3.90. The van der Waals surface area contributed by atoms with Crippen molar-refractivity contribution < 1.29 is 9.21 Å². The molecular weight excluding hydrogens is 252 g/mol. The van der Waals surface area contributed by atoms with Crippen LogP contribution in [0.25, 0.3) is 0 Å². The fraction of sp³-hybridized carbons (Fsp3) is 0.615. The number of furan rings is 1. The Morgan fingerprint density at radius 2 is 1.94 bits per heavy atom. The number of carbonyl (C=O) groups is 1. The van der Waals surface area contributed by atoms with Crippen LogP contribution in [0.3, 0.4) is 0 Å². The van der Waals surface area contributed by atoms with E-state index in [1.807, 2.05) is 19.9 Å². The molecule has 1 aromatic heterocycles. The molecular formula is C13H21ClN2O2. The summed E-state index contributed by atoms with van der Waals surface area (Å²) in [6, 6.07) is 2.42. The van der Waals surface area contributed by atoms with Gasteiger partial charge in [0.2, 0.25) is 0 Å². The van der Waals surface area contributed by atoms with Crippen LogP contribution < -0.4 is 11.1 Å². The van der Waals surface area contributed by atoms with Crippen LogP contribution in [-0.4, -0.2) is 18.0 Å². The largest absolute Gasteiger partial charge is 0.456 e. The van der Waals surface area contributed by atoms with Gasteiger partial charge in [-0.2, -0.15) is 0 Å². The van der Waals surface area contributed by atoms with Crippen LogP contribution in [0.1, 0.15) is 47.6 Å². The Kier molecular flexibility index (Phi) is 5.23. The molecule has 4 nitrogen and oxygen atoms in total. The molecule has 1 saturated carbocycles. The predicted octanol–water partition coefficient (Wildman–Crippen LogP) is 2.32. The van der Waals surface area contributed by atoms with E-state index in [1.54, 1.807) is 0 Å². The number of nitrogens with two attached hydrogens (primary N) is 1. The number of rotatable bonds is 2. The van der Waals surface area contributed by atoms with E-state index in [1.165, 1.54) is 0 Å². The summed E-state index contributed by atoms with van der Waals surface area (Å²) in [5, 5.41) is 3.02. The quantitative estimate of drug-likeness (QED) is 0.868. The normalized spacial score (nSPS) is 23.3. The molecule has 0 spiro atoms. The van der Waals surface area contributed by atoms with Gasteiger partial charge in [-0.3, -0.25) is 4.79 Å². The van der Waals surface area contributed by atoms with Crippen LogP contribution in [0.5, 0.6) is 0 Å². The summed E-state index contributed by atoms with van der Waals surface area (Å²) >= 11 is 0. The molecule has 0 aliphatic heterocycles. The van der Waals surface area contributed by atoms with Gasteiger partial charge in [0.25, 0.3) is 5.91 Å². The summed E-state index contributed by atoms with van der Waals surface area (Å²) in [7, 11) is 0. The molecule has 1 aromatic rings. The van der Waals surface area contributed by atoms with Crippen molar-refractivity contribution in [2.24, 2.45) is 5.73 Å². The highest BCUT2D eigenvalue weighted by molar-refractivity contribution is 5.93. The minimum absolute atomic E-state index is 0. The lowest BCUT2D eigenvalue weighted by Gasteiger charge is -2.26. The maximum absolute atomic E-state index is 12.0. The number of hydrogen-bond donors (Lipinski definition) is 2. The molecule has 2 rings (SSSR count). The van der Waals surface area contributed by atoms with Gasteiger partial charge in [0.05, 0.1) is 0 Å². The van der Waals surface area contributed by atoms with Crippen LogP contribution >= 0.6 is 12.4 Å². The first kappa shape index (κ1) is 15.1. The molecule has 0 saturated heterocycles. The highest BCUT2D eigenvalue weighted by atomic mass is 35.5. The van der Waals surface area contributed by atoms with E-state index in [0.717, 1.165) is 37.0 Å². The molecule has 0 bridgehead atoms. The minimum Gasteiger partial charge on any atom is -0.456 e. The highest BCUT2D eigenvalue weighted by Crippen LogP contribution is 2.19. The Morgan fingerprint density at radius 3 is 2.44 bits per heavy atom. The first-order valence-electron chi connectivity index (χ1n) is 6.19. The van der Waals surface area contributed by atoms with Crippen LogP contribution in [0.15, 0.2) is 10.5 Å². The van der Waals surface area contributed by atoms with Gasteiger partial charge in [-0.1, -0.05) is 0 Å². The second-order valence-electron chi connectivity index (χ2n) is 4.95. The number of carbonyl (C=O) groups excluding carboxylic acids is 1. The van der Waals surface area contributed by atoms with E-state index in [-0.39, 0.29) is 24.4 Å². The van der Waals surface area contributed by atoms with Crippen LogP contribution in [0, 0.1) is 13.8 Å². The number of halogens is 1. The zero-order valence-electron chi connectivity index (χ0n) is 10.9. The lowest BCUT2D eigenvalue weighted by atomic mass is 9.92. The predicted molar refractivity (Wildman–Crippen MR) is 73.1 cm³/mol. The van der Waals surface area contributed by atoms with Crippen molar-refractivity contribution in [2.75, 3.05) is 0 Å². The van der Waals surface area contributed by atoms with Gasteiger partial charge in [-0.05, 0) is 45.6 Å². The van der Waals surface area contributed by atoms with Gasteiger partial charge in [0.1, 0.15) is 5.76 Å². The zero-order valence-corrected chi connectivity index (χ0v) is 11.7. The van der Waals surface area contributed by atoms with E-state index in [2.05, 4.69) is 5.32 Å². The maximum atomic E-state index is 12.0. The van der Waals surface area contributed by atoms with Crippen molar-refractivity contribution >= 4 is 18.3 Å². The van der Waals surface area contributed by atoms with Crippen LogP contribution in [-0.2, 0) is 0 Å². The van der Waals surface area contributed by atoms with Crippen molar-refractivity contribution in [2.45, 2.75) is 51.6 Å².